The van der Waals surface area contributed by atoms with E-state index in [1.165, 1.54) is 0 Å². The van der Waals surface area contributed by atoms with Crippen molar-refractivity contribution in [3.05, 3.63) is 32.2 Å². The van der Waals surface area contributed by atoms with Gasteiger partial charge in [-0.25, -0.2) is 0 Å². The van der Waals surface area contributed by atoms with Gasteiger partial charge in [-0.15, -0.1) is 19.7 Å². The van der Waals surface area contributed by atoms with Gasteiger partial charge in [-0.2, -0.15) is 0 Å². The first-order valence-corrected chi connectivity index (χ1v) is 13.1. The van der Waals surface area contributed by atoms with Crippen molar-refractivity contribution in [3.63, 3.8) is 0 Å². The van der Waals surface area contributed by atoms with E-state index in [0.717, 1.165) is 5.57 Å². The van der Waals surface area contributed by atoms with E-state index in [-0.39, 0.29) is 21.1 Å². The van der Waals surface area contributed by atoms with Gasteiger partial charge >= 0.3 is 43.1 Å². The van der Waals surface area contributed by atoms with Crippen LogP contribution in [0.2, 0.25) is 0 Å². The molecule has 0 saturated carbocycles. The Labute approximate surface area is 102 Å². The molecule has 0 aliphatic rings. The predicted octanol–water partition coefficient (Wildman–Crippen LogP) is 3.88. The van der Waals surface area contributed by atoms with Crippen molar-refractivity contribution in [2.24, 2.45) is 0 Å². The first kappa shape index (κ1) is 23.0. The maximum atomic E-state index is 5.00. The maximum Gasteiger partial charge on any atom is 0 e. The summed E-state index contributed by atoms with van der Waals surface area (Å²) in [4.78, 5) is 0. The van der Waals surface area contributed by atoms with E-state index in [2.05, 4.69) is 26.7 Å². The van der Waals surface area contributed by atoms with Crippen LogP contribution in [-0.2, 0) is 21.1 Å². The van der Waals surface area contributed by atoms with Gasteiger partial charge in [0.15, 0.2) is 0 Å². The second kappa shape index (κ2) is 22.6. The third-order valence-corrected chi connectivity index (χ3v) is 0. The summed E-state index contributed by atoms with van der Waals surface area (Å²) in [7, 11) is 15.0. The van der Waals surface area contributed by atoms with Gasteiger partial charge in [0.25, 0.3) is 0 Å². The molecule has 0 N–H and O–H groups in total. The van der Waals surface area contributed by atoms with Gasteiger partial charge < -0.3 is 0 Å². The Kier molecular flexibility index (Phi) is 47.4. The standard InChI is InChI=1S/C4H7.C2H4.3ClH.Pt.Sn/c1-4(2)3;1-2;;;;;/h1-2H2,3H3;1-2H2;3*1H;;/q;;;;;;+3/p-3. The summed E-state index contributed by atoms with van der Waals surface area (Å²) in [5, 5.41) is 0. The van der Waals surface area contributed by atoms with Crippen LogP contribution in [0.3, 0.4) is 0 Å². The van der Waals surface area contributed by atoms with Crippen molar-refractivity contribution in [1.82, 2.24) is 0 Å². The van der Waals surface area contributed by atoms with Crippen LogP contribution in [0.25, 0.3) is 0 Å². The summed E-state index contributed by atoms with van der Waals surface area (Å²) >= 11 is -2.13. The van der Waals surface area contributed by atoms with E-state index in [9.17, 15) is 0 Å². The number of halogens is 3. The molecular weight excluding hydrogens is 492 g/mol. The third kappa shape index (κ3) is 339. The second-order valence-corrected chi connectivity index (χ2v) is 13.9. The zero-order valence-corrected chi connectivity index (χ0v) is 13.7. The van der Waals surface area contributed by atoms with E-state index in [4.69, 9.17) is 26.8 Å². The molecule has 0 unspecified atom stereocenters. The molecule has 5 heteroatoms. The van der Waals surface area contributed by atoms with Crippen LogP contribution in [0, 0.1) is 6.92 Å². The Morgan fingerprint density at radius 2 is 1.18 bits per heavy atom. The SMILES string of the molecule is C=C.[CH2]C(=C)C.[Cl][Sn]([Cl])[Cl].[Pt]. The molecule has 70 valence electrons. The van der Waals surface area contributed by atoms with Crippen LogP contribution < -0.4 is 0 Å². The zero-order valence-electron chi connectivity index (χ0n) is 6.28. The molecule has 0 aromatic carbocycles. The first-order chi connectivity index (χ1) is 4.46. The van der Waals surface area contributed by atoms with Crippen LogP contribution >= 0.6 is 26.8 Å². The average Bonchev–Trinajstić information content (AvgIpc) is 1.66. The van der Waals surface area contributed by atoms with E-state index >= 15 is 0 Å². The Morgan fingerprint density at radius 1 is 1.18 bits per heavy atom. The van der Waals surface area contributed by atoms with E-state index in [1.54, 1.807) is 0 Å². The third-order valence-electron chi connectivity index (χ3n) is 0. The van der Waals surface area contributed by atoms with E-state index in [1.807, 2.05) is 6.92 Å². The molecule has 0 rings (SSSR count). The van der Waals surface area contributed by atoms with Crippen LogP contribution in [0.5, 0.6) is 0 Å². The molecule has 0 heterocycles. The van der Waals surface area contributed by atoms with E-state index in [0.29, 0.717) is 0 Å². The van der Waals surface area contributed by atoms with Crippen LogP contribution in [0.15, 0.2) is 25.3 Å². The number of hydrogen-bond donors (Lipinski definition) is 0. The fourth-order valence-corrected chi connectivity index (χ4v) is 0. The average molecular weight is 503 g/mol. The summed E-state index contributed by atoms with van der Waals surface area (Å²) in [6.07, 6.45) is 0. The van der Waals surface area contributed by atoms with Gasteiger partial charge in [0.2, 0.25) is 0 Å². The summed E-state index contributed by atoms with van der Waals surface area (Å²) < 4.78 is 0. The minimum atomic E-state index is -2.13. The molecule has 0 spiro atoms. The zero-order chi connectivity index (χ0) is 9.15. The van der Waals surface area contributed by atoms with Crippen molar-refractivity contribution >= 4 is 43.1 Å². The van der Waals surface area contributed by atoms with Gasteiger partial charge in [-0.3, -0.25) is 0 Å². The summed E-state index contributed by atoms with van der Waals surface area (Å²) in [5.74, 6) is 0. The largest absolute Gasteiger partial charge is 0 e. The van der Waals surface area contributed by atoms with Crippen LogP contribution in [0.4, 0.5) is 0 Å². The summed E-state index contributed by atoms with van der Waals surface area (Å²) in [6.45, 7) is 14.8. The van der Waals surface area contributed by atoms with Crippen molar-refractivity contribution in [3.8, 4) is 0 Å². The fraction of sp³-hybridized carbons (Fsp3) is 0.167. The molecule has 0 fully saturated rings. The normalized spacial score (nSPS) is 6.00. The molecule has 0 atom stereocenters. The molecule has 11 heavy (non-hydrogen) atoms. The topological polar surface area (TPSA) is 0 Å². The number of hydrogen-bond acceptors (Lipinski definition) is 0. The van der Waals surface area contributed by atoms with Gasteiger partial charge in [-0.05, 0) is 13.8 Å². The summed E-state index contributed by atoms with van der Waals surface area (Å²) in [5.41, 5.74) is 0.917. The Hall–Kier alpha value is 1.84. The van der Waals surface area contributed by atoms with Gasteiger partial charge in [-0.1, -0.05) is 5.57 Å². The quantitative estimate of drug-likeness (QED) is 0.348. The first-order valence-electron chi connectivity index (χ1n) is 2.27. The molecule has 0 aliphatic heterocycles. The van der Waals surface area contributed by atoms with Crippen LogP contribution in [-0.4, -0.2) is 16.4 Å². The molecular formula is C6H11Cl3PtSn. The molecule has 0 saturated heterocycles. The molecule has 0 amide bonds. The molecule has 2 radical (unpaired) electrons. The smallest absolute Gasteiger partial charge is 0 e. The molecule has 0 aliphatic carbocycles. The van der Waals surface area contributed by atoms with Crippen LogP contribution in [0.1, 0.15) is 6.92 Å². The predicted molar refractivity (Wildman–Crippen MR) is 54.7 cm³/mol. The Balaban J connectivity index is -0.0000000339. The van der Waals surface area contributed by atoms with Crippen molar-refractivity contribution in [2.45, 2.75) is 6.92 Å². The van der Waals surface area contributed by atoms with E-state index < -0.39 is 16.4 Å². The second-order valence-electron chi connectivity index (χ2n) is 1.17. The Morgan fingerprint density at radius 3 is 1.18 bits per heavy atom. The molecule has 0 aromatic rings. The fourth-order valence-electron chi connectivity index (χ4n) is 0. The molecule has 0 nitrogen and oxygen atoms in total. The minimum absolute atomic E-state index is 0. The summed E-state index contributed by atoms with van der Waals surface area (Å²) in [6, 6.07) is 0. The van der Waals surface area contributed by atoms with Gasteiger partial charge in [0.05, 0.1) is 0 Å². The minimum Gasteiger partial charge on any atom is 0 e. The molecule has 0 bridgehead atoms. The van der Waals surface area contributed by atoms with Crippen molar-refractivity contribution in [2.75, 3.05) is 0 Å². The van der Waals surface area contributed by atoms with Gasteiger partial charge in [0.1, 0.15) is 0 Å². The monoisotopic (exact) mass is 503 g/mol. The number of rotatable bonds is 0. The number of allylic oxidation sites excluding steroid dienone is 1. The van der Waals surface area contributed by atoms with Crippen molar-refractivity contribution in [1.29, 1.82) is 0 Å². The Bertz CT molecular complexity index is 71.5. The maximum absolute atomic E-state index is 5.00. The molecule has 0 aromatic heterocycles. The van der Waals surface area contributed by atoms with Gasteiger partial charge in [0, 0.05) is 21.1 Å². The van der Waals surface area contributed by atoms with Crippen molar-refractivity contribution < 1.29 is 21.1 Å².